The number of nitrogens with one attached hydrogen (secondary N) is 2. The SMILES string of the molecule is CC(=NNC(=O)[C@H]1C[C@H]1C(=O)NN=C(C)c1ccc([N+](=O)[O-])cc1)c1ccc([N+](=O)[O-])cc1. The smallest absolute Gasteiger partial charge is 0.269 e. The molecule has 33 heavy (non-hydrogen) atoms. The summed E-state index contributed by atoms with van der Waals surface area (Å²) in [7, 11) is 0. The largest absolute Gasteiger partial charge is 0.273 e. The van der Waals surface area contributed by atoms with E-state index in [9.17, 15) is 29.8 Å². The highest BCUT2D eigenvalue weighted by molar-refractivity contribution is 6.01. The Kier molecular flexibility index (Phi) is 6.86. The maximum absolute atomic E-state index is 12.3. The number of hydrogen-bond donors (Lipinski definition) is 2. The van der Waals surface area contributed by atoms with Gasteiger partial charge in [-0.05, 0) is 55.7 Å². The highest BCUT2D eigenvalue weighted by atomic mass is 16.6. The van der Waals surface area contributed by atoms with Gasteiger partial charge in [0.2, 0.25) is 11.8 Å². The summed E-state index contributed by atoms with van der Waals surface area (Å²) in [6.45, 7) is 3.29. The van der Waals surface area contributed by atoms with Crippen LogP contribution in [0.4, 0.5) is 11.4 Å². The lowest BCUT2D eigenvalue weighted by molar-refractivity contribution is -0.385. The van der Waals surface area contributed by atoms with Crippen LogP contribution < -0.4 is 10.9 Å². The van der Waals surface area contributed by atoms with Crippen molar-refractivity contribution < 1.29 is 19.4 Å². The molecule has 0 unspecified atom stereocenters. The van der Waals surface area contributed by atoms with Gasteiger partial charge in [0.15, 0.2) is 0 Å². The van der Waals surface area contributed by atoms with Crippen LogP contribution in [0.2, 0.25) is 0 Å². The van der Waals surface area contributed by atoms with E-state index in [-0.39, 0.29) is 11.4 Å². The molecule has 3 rings (SSSR count). The fraction of sp³-hybridized carbons (Fsp3) is 0.238. The molecule has 1 aliphatic rings. The van der Waals surface area contributed by atoms with Crippen LogP contribution in [0.25, 0.3) is 0 Å². The van der Waals surface area contributed by atoms with Crippen LogP contribution in [0.3, 0.4) is 0 Å². The summed E-state index contributed by atoms with van der Waals surface area (Å²) >= 11 is 0. The molecule has 0 spiro atoms. The van der Waals surface area contributed by atoms with Crippen molar-refractivity contribution in [1.82, 2.24) is 10.9 Å². The van der Waals surface area contributed by atoms with Crippen LogP contribution in [0, 0.1) is 32.1 Å². The Labute approximate surface area is 187 Å². The van der Waals surface area contributed by atoms with Gasteiger partial charge in [-0.2, -0.15) is 10.2 Å². The molecule has 2 amide bonds. The maximum atomic E-state index is 12.3. The first-order valence-corrected chi connectivity index (χ1v) is 9.85. The Hall–Kier alpha value is -4.48. The summed E-state index contributed by atoms with van der Waals surface area (Å²) in [5.74, 6) is -1.89. The number of nitro benzene ring substituents is 2. The highest BCUT2D eigenvalue weighted by Gasteiger charge is 2.48. The predicted octanol–water partition coefficient (Wildman–Crippen LogP) is 2.52. The molecule has 0 aromatic heterocycles. The monoisotopic (exact) mass is 452 g/mol. The van der Waals surface area contributed by atoms with Gasteiger partial charge in [-0.25, -0.2) is 10.9 Å². The first kappa shape index (κ1) is 23.2. The van der Waals surface area contributed by atoms with E-state index < -0.39 is 33.5 Å². The van der Waals surface area contributed by atoms with Crippen molar-refractivity contribution >= 4 is 34.6 Å². The number of amides is 2. The van der Waals surface area contributed by atoms with Crippen molar-refractivity contribution in [1.29, 1.82) is 0 Å². The fourth-order valence-electron chi connectivity index (χ4n) is 3.00. The maximum Gasteiger partial charge on any atom is 0.269 e. The molecule has 1 aliphatic carbocycles. The van der Waals surface area contributed by atoms with Gasteiger partial charge in [0.25, 0.3) is 11.4 Å². The van der Waals surface area contributed by atoms with Crippen molar-refractivity contribution in [2.45, 2.75) is 20.3 Å². The molecule has 2 atom stereocenters. The van der Waals surface area contributed by atoms with Gasteiger partial charge in [0.1, 0.15) is 0 Å². The van der Waals surface area contributed by atoms with Crippen LogP contribution in [0.5, 0.6) is 0 Å². The molecule has 2 N–H and O–H groups in total. The minimum Gasteiger partial charge on any atom is -0.273 e. The Bertz CT molecular complexity index is 1070. The van der Waals surface area contributed by atoms with E-state index in [2.05, 4.69) is 21.1 Å². The molecule has 1 fully saturated rings. The summed E-state index contributed by atoms with van der Waals surface area (Å²) < 4.78 is 0. The lowest BCUT2D eigenvalue weighted by Gasteiger charge is -2.04. The number of hydrogen-bond acceptors (Lipinski definition) is 8. The molecule has 0 bridgehead atoms. The van der Waals surface area contributed by atoms with Crippen LogP contribution in [0.1, 0.15) is 31.4 Å². The van der Waals surface area contributed by atoms with Gasteiger partial charge < -0.3 is 0 Å². The molecule has 0 aliphatic heterocycles. The highest BCUT2D eigenvalue weighted by Crippen LogP contribution is 2.38. The van der Waals surface area contributed by atoms with E-state index in [0.29, 0.717) is 29.0 Å². The zero-order valence-corrected chi connectivity index (χ0v) is 17.7. The van der Waals surface area contributed by atoms with Crippen molar-refractivity contribution in [2.75, 3.05) is 0 Å². The van der Waals surface area contributed by atoms with Gasteiger partial charge >= 0.3 is 0 Å². The molecule has 170 valence electrons. The number of nitro groups is 2. The Balaban J connectivity index is 1.51. The standard InChI is InChI=1S/C21H20N6O6/c1-12(14-3-7-16(8-4-14)26(30)31)22-24-20(28)18-11-19(18)21(29)25-23-13(2)15-5-9-17(10-6-15)27(32)33/h3-10,18-19H,11H2,1-2H3,(H,24,28)(H,25,29)/t18-,19+. The van der Waals surface area contributed by atoms with E-state index in [1.807, 2.05) is 0 Å². The van der Waals surface area contributed by atoms with Gasteiger partial charge in [0, 0.05) is 24.3 Å². The Morgan fingerprint density at radius 1 is 0.758 bits per heavy atom. The van der Waals surface area contributed by atoms with Crippen molar-refractivity contribution in [3.8, 4) is 0 Å². The second-order valence-electron chi connectivity index (χ2n) is 7.40. The topological polar surface area (TPSA) is 169 Å². The van der Waals surface area contributed by atoms with Crippen LogP contribution in [-0.2, 0) is 9.59 Å². The third-order valence-electron chi connectivity index (χ3n) is 5.12. The number of benzene rings is 2. The van der Waals surface area contributed by atoms with Crippen molar-refractivity contribution in [2.24, 2.45) is 22.0 Å². The summed E-state index contributed by atoms with van der Waals surface area (Å²) in [5.41, 5.74) is 6.88. The fourth-order valence-corrected chi connectivity index (χ4v) is 3.00. The zero-order valence-electron chi connectivity index (χ0n) is 17.7. The molecule has 12 nitrogen and oxygen atoms in total. The van der Waals surface area contributed by atoms with Gasteiger partial charge in [-0.3, -0.25) is 29.8 Å². The quantitative estimate of drug-likeness (QED) is 0.354. The van der Waals surface area contributed by atoms with Gasteiger partial charge in [0.05, 0.1) is 33.1 Å². The minimum absolute atomic E-state index is 0.0473. The van der Waals surface area contributed by atoms with E-state index in [1.54, 1.807) is 13.8 Å². The van der Waals surface area contributed by atoms with Crippen LogP contribution in [0.15, 0.2) is 58.7 Å². The average molecular weight is 452 g/mol. The number of carbonyl (C=O) groups is 2. The summed E-state index contributed by atoms with van der Waals surface area (Å²) in [6, 6.07) is 11.5. The van der Waals surface area contributed by atoms with Crippen LogP contribution >= 0.6 is 0 Å². The molecule has 0 heterocycles. The molecule has 1 saturated carbocycles. The number of rotatable bonds is 8. The van der Waals surface area contributed by atoms with Crippen LogP contribution in [-0.4, -0.2) is 33.1 Å². The summed E-state index contributed by atoms with van der Waals surface area (Å²) in [5, 5.41) is 29.4. The average Bonchev–Trinajstić information content (AvgIpc) is 3.62. The first-order valence-electron chi connectivity index (χ1n) is 9.85. The lowest BCUT2D eigenvalue weighted by Crippen LogP contribution is -2.26. The molecule has 0 saturated heterocycles. The second-order valence-corrected chi connectivity index (χ2v) is 7.40. The van der Waals surface area contributed by atoms with Gasteiger partial charge in [-0.1, -0.05) is 0 Å². The van der Waals surface area contributed by atoms with Gasteiger partial charge in [-0.15, -0.1) is 0 Å². The minimum atomic E-state index is -0.534. The first-order chi connectivity index (χ1) is 15.7. The summed E-state index contributed by atoms with van der Waals surface area (Å²) in [4.78, 5) is 44.9. The van der Waals surface area contributed by atoms with Crippen molar-refractivity contribution in [3.05, 3.63) is 79.9 Å². The second kappa shape index (κ2) is 9.77. The molecule has 2 aromatic carbocycles. The van der Waals surface area contributed by atoms with Crippen molar-refractivity contribution in [3.63, 3.8) is 0 Å². The lowest BCUT2D eigenvalue weighted by atomic mass is 10.1. The third-order valence-corrected chi connectivity index (χ3v) is 5.12. The number of carbonyl (C=O) groups excluding carboxylic acids is 2. The number of nitrogens with zero attached hydrogens (tertiary/aromatic N) is 4. The van der Waals surface area contributed by atoms with E-state index in [1.165, 1.54) is 48.5 Å². The predicted molar refractivity (Wildman–Crippen MR) is 118 cm³/mol. The molecule has 12 heteroatoms. The normalized spacial score (nSPS) is 17.8. The Morgan fingerprint density at radius 2 is 1.09 bits per heavy atom. The molecule has 0 radical (unpaired) electrons. The molecular weight excluding hydrogens is 432 g/mol. The number of non-ortho nitro benzene ring substituents is 2. The molecule has 2 aromatic rings. The van der Waals surface area contributed by atoms with E-state index in [4.69, 9.17) is 0 Å². The zero-order chi connectivity index (χ0) is 24.1. The third kappa shape index (κ3) is 5.81. The molecular formula is C21H20N6O6. The Morgan fingerprint density at radius 3 is 1.39 bits per heavy atom. The number of hydrazone groups is 2. The summed E-state index contributed by atoms with van der Waals surface area (Å²) in [6.07, 6.45) is 0.357. The van der Waals surface area contributed by atoms with E-state index >= 15 is 0 Å². The van der Waals surface area contributed by atoms with E-state index in [0.717, 1.165) is 0 Å².